The van der Waals surface area contributed by atoms with Gasteiger partial charge in [0.2, 0.25) is 4.77 Å². The summed E-state index contributed by atoms with van der Waals surface area (Å²) in [5, 5.41) is 9.00. The summed E-state index contributed by atoms with van der Waals surface area (Å²) in [4.78, 5) is 4.12. The van der Waals surface area contributed by atoms with E-state index in [1.165, 1.54) is 11.1 Å². The Kier molecular flexibility index (Phi) is 3.05. The van der Waals surface area contributed by atoms with Crippen LogP contribution in [0.15, 0.2) is 18.2 Å². The zero-order valence-electron chi connectivity index (χ0n) is 9.29. The van der Waals surface area contributed by atoms with Gasteiger partial charge in [0, 0.05) is 5.69 Å². The summed E-state index contributed by atoms with van der Waals surface area (Å²) in [6, 6.07) is 6.32. The molecule has 16 heavy (non-hydrogen) atoms. The second-order valence-corrected chi connectivity index (χ2v) is 4.17. The van der Waals surface area contributed by atoms with Crippen molar-refractivity contribution < 1.29 is 0 Å². The first-order valence-corrected chi connectivity index (χ1v) is 5.50. The number of benzene rings is 1. The molecule has 0 aliphatic heterocycles. The number of nitrogens with zero attached hydrogens (tertiary/aromatic N) is 1. The minimum Gasteiger partial charge on any atom is -0.378 e. The molecule has 0 amide bonds. The molecule has 0 radical (unpaired) electrons. The topological polar surface area (TPSA) is 56.5 Å². The van der Waals surface area contributed by atoms with Crippen molar-refractivity contribution in [1.29, 1.82) is 0 Å². The number of aryl methyl sites for hydroxylation is 2. The van der Waals surface area contributed by atoms with Crippen LogP contribution in [0.3, 0.4) is 0 Å². The van der Waals surface area contributed by atoms with Gasteiger partial charge in [-0.25, -0.2) is 4.98 Å². The van der Waals surface area contributed by atoms with E-state index < -0.39 is 0 Å². The highest BCUT2D eigenvalue weighted by Crippen LogP contribution is 2.16. The Balaban J connectivity index is 2.10. The maximum Gasteiger partial charge on any atom is 0.213 e. The predicted molar refractivity (Wildman–Crippen MR) is 67.0 cm³/mol. The van der Waals surface area contributed by atoms with Crippen LogP contribution in [0, 0.1) is 18.6 Å². The quantitative estimate of drug-likeness (QED) is 0.716. The molecule has 84 valence electrons. The second-order valence-electron chi connectivity index (χ2n) is 3.79. The fourth-order valence-electron chi connectivity index (χ4n) is 1.49. The molecule has 2 rings (SSSR count). The van der Waals surface area contributed by atoms with E-state index in [0.717, 1.165) is 11.5 Å². The summed E-state index contributed by atoms with van der Waals surface area (Å²) in [7, 11) is 0. The average Bonchev–Trinajstić information content (AvgIpc) is 2.66. The van der Waals surface area contributed by atoms with Crippen LogP contribution in [-0.2, 0) is 6.54 Å². The number of hydrogen-bond donors (Lipinski definition) is 3. The molecule has 0 spiro atoms. The number of anilines is 1. The zero-order chi connectivity index (χ0) is 11.5. The van der Waals surface area contributed by atoms with Gasteiger partial charge in [-0.15, -0.1) is 0 Å². The van der Waals surface area contributed by atoms with Crippen molar-refractivity contribution >= 4 is 17.9 Å². The standard InChI is InChI=1S/C11H14N4S/c1-7-3-4-8(2)9(5-7)12-6-10-13-11(16)15-14-10/h3-5,12H,6H2,1-2H3,(H2,13,14,15,16). The summed E-state index contributed by atoms with van der Waals surface area (Å²) < 4.78 is 0.484. The lowest BCUT2D eigenvalue weighted by Crippen LogP contribution is -2.02. The molecular weight excluding hydrogens is 220 g/mol. The minimum atomic E-state index is 0.484. The fraction of sp³-hybridized carbons (Fsp3) is 0.273. The highest BCUT2D eigenvalue weighted by molar-refractivity contribution is 7.71. The molecule has 0 saturated heterocycles. The Bertz CT molecular complexity index is 541. The molecule has 1 heterocycles. The first-order valence-electron chi connectivity index (χ1n) is 5.10. The molecule has 5 heteroatoms. The first kappa shape index (κ1) is 10.9. The number of H-pyrrole nitrogens is 2. The number of nitrogens with one attached hydrogen (secondary N) is 3. The summed E-state index contributed by atoms with van der Waals surface area (Å²) >= 11 is 4.88. The summed E-state index contributed by atoms with van der Waals surface area (Å²) in [6.45, 7) is 4.79. The smallest absolute Gasteiger partial charge is 0.213 e. The fourth-order valence-corrected chi connectivity index (χ4v) is 1.65. The van der Waals surface area contributed by atoms with Crippen LogP contribution in [0.2, 0.25) is 0 Å². The van der Waals surface area contributed by atoms with Crippen LogP contribution in [0.4, 0.5) is 5.69 Å². The molecule has 0 bridgehead atoms. The van der Waals surface area contributed by atoms with Crippen LogP contribution in [0.25, 0.3) is 0 Å². The lowest BCUT2D eigenvalue weighted by molar-refractivity contribution is 0.952. The third kappa shape index (κ3) is 2.49. The Morgan fingerprint density at radius 1 is 1.31 bits per heavy atom. The van der Waals surface area contributed by atoms with Crippen LogP contribution in [-0.4, -0.2) is 15.2 Å². The van der Waals surface area contributed by atoms with Gasteiger partial charge in [-0.05, 0) is 43.3 Å². The lowest BCUT2D eigenvalue weighted by Gasteiger charge is -2.08. The molecular formula is C11H14N4S. The average molecular weight is 234 g/mol. The Hall–Kier alpha value is -1.62. The van der Waals surface area contributed by atoms with E-state index in [1.54, 1.807) is 0 Å². The van der Waals surface area contributed by atoms with Crippen molar-refractivity contribution in [2.45, 2.75) is 20.4 Å². The Labute approximate surface area is 99.1 Å². The number of aromatic nitrogens is 3. The van der Waals surface area contributed by atoms with Crippen LogP contribution >= 0.6 is 12.2 Å². The van der Waals surface area contributed by atoms with Gasteiger partial charge in [0.1, 0.15) is 5.82 Å². The predicted octanol–water partition coefficient (Wildman–Crippen LogP) is 2.70. The monoisotopic (exact) mass is 234 g/mol. The van der Waals surface area contributed by atoms with Crippen LogP contribution in [0.1, 0.15) is 17.0 Å². The van der Waals surface area contributed by atoms with E-state index in [-0.39, 0.29) is 0 Å². The van der Waals surface area contributed by atoms with Crippen molar-refractivity contribution in [1.82, 2.24) is 15.2 Å². The highest BCUT2D eigenvalue weighted by atomic mass is 32.1. The molecule has 0 unspecified atom stereocenters. The summed E-state index contributed by atoms with van der Waals surface area (Å²) in [5.74, 6) is 0.811. The van der Waals surface area contributed by atoms with Crippen molar-refractivity contribution in [3.63, 3.8) is 0 Å². The van der Waals surface area contributed by atoms with Gasteiger partial charge >= 0.3 is 0 Å². The second kappa shape index (κ2) is 4.49. The largest absolute Gasteiger partial charge is 0.378 e. The Morgan fingerprint density at radius 3 is 2.81 bits per heavy atom. The van der Waals surface area contributed by atoms with Crippen LogP contribution < -0.4 is 5.32 Å². The van der Waals surface area contributed by atoms with E-state index in [4.69, 9.17) is 12.2 Å². The van der Waals surface area contributed by atoms with Crippen molar-refractivity contribution in [2.24, 2.45) is 0 Å². The van der Waals surface area contributed by atoms with Gasteiger partial charge in [-0.2, -0.15) is 0 Å². The van der Waals surface area contributed by atoms with Gasteiger partial charge in [-0.3, -0.25) is 10.2 Å². The molecule has 0 saturated carbocycles. The van der Waals surface area contributed by atoms with E-state index in [9.17, 15) is 0 Å². The van der Waals surface area contributed by atoms with Gasteiger partial charge in [0.15, 0.2) is 0 Å². The van der Waals surface area contributed by atoms with E-state index in [2.05, 4.69) is 52.5 Å². The summed E-state index contributed by atoms with van der Waals surface area (Å²) in [5.41, 5.74) is 3.59. The molecule has 0 aliphatic carbocycles. The maximum absolute atomic E-state index is 4.88. The number of rotatable bonds is 3. The van der Waals surface area contributed by atoms with Gasteiger partial charge in [0.25, 0.3) is 0 Å². The van der Waals surface area contributed by atoms with E-state index in [1.807, 2.05) is 0 Å². The molecule has 1 aromatic carbocycles. The number of aromatic amines is 2. The van der Waals surface area contributed by atoms with Gasteiger partial charge in [-0.1, -0.05) is 12.1 Å². The molecule has 4 nitrogen and oxygen atoms in total. The SMILES string of the molecule is Cc1ccc(C)c(NCc2nc(=S)[nH][nH]2)c1. The highest BCUT2D eigenvalue weighted by Gasteiger charge is 2.00. The third-order valence-corrected chi connectivity index (χ3v) is 2.58. The molecule has 1 aromatic heterocycles. The molecule has 3 N–H and O–H groups in total. The lowest BCUT2D eigenvalue weighted by atomic mass is 10.1. The first-order chi connectivity index (χ1) is 7.65. The summed E-state index contributed by atoms with van der Waals surface area (Å²) in [6.07, 6.45) is 0. The zero-order valence-corrected chi connectivity index (χ0v) is 10.1. The van der Waals surface area contributed by atoms with Gasteiger partial charge < -0.3 is 5.32 Å². The van der Waals surface area contributed by atoms with E-state index >= 15 is 0 Å². The van der Waals surface area contributed by atoms with Crippen molar-refractivity contribution in [3.05, 3.63) is 39.9 Å². The third-order valence-electron chi connectivity index (χ3n) is 2.39. The van der Waals surface area contributed by atoms with Crippen molar-refractivity contribution in [2.75, 3.05) is 5.32 Å². The van der Waals surface area contributed by atoms with Crippen molar-refractivity contribution in [3.8, 4) is 0 Å². The molecule has 0 atom stereocenters. The van der Waals surface area contributed by atoms with Crippen LogP contribution in [0.5, 0.6) is 0 Å². The van der Waals surface area contributed by atoms with E-state index in [0.29, 0.717) is 11.3 Å². The minimum absolute atomic E-state index is 0.484. The van der Waals surface area contributed by atoms with Gasteiger partial charge in [0.05, 0.1) is 6.54 Å². The normalized spacial score (nSPS) is 10.4. The molecule has 0 aliphatic rings. The molecule has 2 aromatic rings. The Morgan fingerprint density at radius 2 is 2.12 bits per heavy atom. The number of hydrogen-bond acceptors (Lipinski definition) is 3. The molecule has 0 fully saturated rings. The maximum atomic E-state index is 4.88.